The fourth-order valence-corrected chi connectivity index (χ4v) is 1.94. The molecule has 0 aromatic rings. The summed E-state index contributed by atoms with van der Waals surface area (Å²) in [5, 5.41) is 0. The first-order valence-electron chi connectivity index (χ1n) is 6.20. The highest BCUT2D eigenvalue weighted by atomic mass is 16.6. The van der Waals surface area contributed by atoms with Gasteiger partial charge in [-0.25, -0.2) is 0 Å². The minimum Gasteiger partial charge on any atom is -0.377 e. The van der Waals surface area contributed by atoms with Gasteiger partial charge in [-0.15, -0.1) is 6.58 Å². The zero-order valence-electron chi connectivity index (χ0n) is 10.3. The molecule has 0 heterocycles. The second-order valence-corrected chi connectivity index (χ2v) is 4.28. The SMILES string of the molecule is C=CCOCC(COC1CCCCC1)OC. The molecule has 0 bridgehead atoms. The third kappa shape index (κ3) is 5.64. The first-order chi connectivity index (χ1) is 7.86. The maximum atomic E-state index is 5.84. The van der Waals surface area contributed by atoms with E-state index in [2.05, 4.69) is 6.58 Å². The van der Waals surface area contributed by atoms with Crippen molar-refractivity contribution in [1.82, 2.24) is 0 Å². The van der Waals surface area contributed by atoms with Crippen LogP contribution in [-0.2, 0) is 14.2 Å². The molecule has 1 rings (SSSR count). The molecule has 16 heavy (non-hydrogen) atoms. The third-order valence-electron chi connectivity index (χ3n) is 2.94. The molecular weight excluding hydrogens is 204 g/mol. The van der Waals surface area contributed by atoms with Crippen LogP contribution < -0.4 is 0 Å². The Hall–Kier alpha value is -0.380. The van der Waals surface area contributed by atoms with E-state index in [0.29, 0.717) is 25.9 Å². The van der Waals surface area contributed by atoms with E-state index in [0.717, 1.165) is 0 Å². The van der Waals surface area contributed by atoms with E-state index >= 15 is 0 Å². The highest BCUT2D eigenvalue weighted by molar-refractivity contribution is 4.68. The molecule has 0 aromatic heterocycles. The molecule has 1 unspecified atom stereocenters. The maximum Gasteiger partial charge on any atom is 0.104 e. The molecule has 94 valence electrons. The molecule has 0 saturated heterocycles. The predicted molar refractivity (Wildman–Crippen MR) is 64.6 cm³/mol. The number of hydrogen-bond acceptors (Lipinski definition) is 3. The van der Waals surface area contributed by atoms with Crippen LogP contribution in [0, 0.1) is 0 Å². The normalized spacial score (nSPS) is 19.6. The Morgan fingerprint density at radius 2 is 2.00 bits per heavy atom. The molecule has 0 N–H and O–H groups in total. The fourth-order valence-electron chi connectivity index (χ4n) is 1.94. The topological polar surface area (TPSA) is 27.7 Å². The van der Waals surface area contributed by atoms with E-state index in [1.54, 1.807) is 13.2 Å². The average Bonchev–Trinajstić information content (AvgIpc) is 2.35. The van der Waals surface area contributed by atoms with Crippen molar-refractivity contribution in [3.8, 4) is 0 Å². The third-order valence-corrected chi connectivity index (χ3v) is 2.94. The van der Waals surface area contributed by atoms with E-state index < -0.39 is 0 Å². The van der Waals surface area contributed by atoms with E-state index in [1.165, 1.54) is 32.1 Å². The van der Waals surface area contributed by atoms with Gasteiger partial charge in [-0.2, -0.15) is 0 Å². The Labute approximate surface area is 98.8 Å². The summed E-state index contributed by atoms with van der Waals surface area (Å²) in [6.45, 7) is 5.39. The van der Waals surface area contributed by atoms with Crippen LogP contribution in [0.25, 0.3) is 0 Å². The van der Waals surface area contributed by atoms with Crippen LogP contribution in [0.4, 0.5) is 0 Å². The highest BCUT2D eigenvalue weighted by Crippen LogP contribution is 2.20. The Bertz CT molecular complexity index is 176. The molecule has 3 nitrogen and oxygen atoms in total. The summed E-state index contributed by atoms with van der Waals surface area (Å²) in [5.41, 5.74) is 0. The van der Waals surface area contributed by atoms with Crippen molar-refractivity contribution in [1.29, 1.82) is 0 Å². The van der Waals surface area contributed by atoms with Gasteiger partial charge in [0, 0.05) is 7.11 Å². The van der Waals surface area contributed by atoms with Gasteiger partial charge in [0.2, 0.25) is 0 Å². The quantitative estimate of drug-likeness (QED) is 0.472. The standard InChI is InChI=1S/C13H24O3/c1-3-9-15-10-13(14-2)11-16-12-7-5-4-6-8-12/h3,12-13H,1,4-11H2,2H3. The van der Waals surface area contributed by atoms with Crippen LogP contribution in [0.2, 0.25) is 0 Å². The fraction of sp³-hybridized carbons (Fsp3) is 0.846. The highest BCUT2D eigenvalue weighted by Gasteiger charge is 2.16. The molecule has 1 atom stereocenters. The van der Waals surface area contributed by atoms with Gasteiger partial charge in [0.25, 0.3) is 0 Å². The van der Waals surface area contributed by atoms with Gasteiger partial charge >= 0.3 is 0 Å². The molecule has 1 fully saturated rings. The van der Waals surface area contributed by atoms with Gasteiger partial charge in [0.05, 0.1) is 25.9 Å². The van der Waals surface area contributed by atoms with Crippen molar-refractivity contribution in [2.24, 2.45) is 0 Å². The maximum absolute atomic E-state index is 5.84. The van der Waals surface area contributed by atoms with E-state index in [4.69, 9.17) is 14.2 Å². The molecule has 0 aromatic carbocycles. The van der Waals surface area contributed by atoms with E-state index in [9.17, 15) is 0 Å². The zero-order chi connectivity index (χ0) is 11.6. The summed E-state index contributed by atoms with van der Waals surface area (Å²) >= 11 is 0. The molecule has 0 amide bonds. The van der Waals surface area contributed by atoms with Gasteiger partial charge in [-0.1, -0.05) is 25.3 Å². The van der Waals surface area contributed by atoms with E-state index in [-0.39, 0.29) is 6.10 Å². The summed E-state index contributed by atoms with van der Waals surface area (Å²) in [4.78, 5) is 0. The Morgan fingerprint density at radius 3 is 2.62 bits per heavy atom. The lowest BCUT2D eigenvalue weighted by atomic mass is 9.98. The first kappa shape index (κ1) is 13.7. The summed E-state index contributed by atoms with van der Waals surface area (Å²) in [7, 11) is 1.70. The lowest BCUT2D eigenvalue weighted by Crippen LogP contribution is -2.28. The smallest absolute Gasteiger partial charge is 0.104 e. The second kappa shape index (κ2) is 8.74. The van der Waals surface area contributed by atoms with Gasteiger partial charge < -0.3 is 14.2 Å². The Morgan fingerprint density at radius 1 is 1.25 bits per heavy atom. The number of hydrogen-bond donors (Lipinski definition) is 0. The van der Waals surface area contributed by atoms with Crippen molar-refractivity contribution in [2.45, 2.75) is 44.3 Å². The van der Waals surface area contributed by atoms with Gasteiger partial charge in [-0.05, 0) is 12.8 Å². The zero-order valence-corrected chi connectivity index (χ0v) is 10.3. The molecule has 1 saturated carbocycles. The minimum atomic E-state index is 0.0434. The molecule has 1 aliphatic carbocycles. The summed E-state index contributed by atoms with van der Waals surface area (Å²) in [6, 6.07) is 0. The van der Waals surface area contributed by atoms with Crippen LogP contribution in [0.3, 0.4) is 0 Å². The molecular formula is C13H24O3. The van der Waals surface area contributed by atoms with Crippen LogP contribution in [-0.4, -0.2) is 39.1 Å². The van der Waals surface area contributed by atoms with Crippen molar-refractivity contribution in [3.05, 3.63) is 12.7 Å². The minimum absolute atomic E-state index is 0.0434. The van der Waals surface area contributed by atoms with Crippen LogP contribution in [0.15, 0.2) is 12.7 Å². The lowest BCUT2D eigenvalue weighted by Gasteiger charge is -2.24. The summed E-state index contributed by atoms with van der Waals surface area (Å²) in [6.07, 6.45) is 8.58. The Kier molecular flexibility index (Phi) is 7.47. The molecule has 3 heteroatoms. The van der Waals surface area contributed by atoms with Crippen molar-refractivity contribution in [3.63, 3.8) is 0 Å². The Balaban J connectivity index is 2.09. The van der Waals surface area contributed by atoms with Crippen LogP contribution >= 0.6 is 0 Å². The lowest BCUT2D eigenvalue weighted by molar-refractivity contribution is -0.0655. The van der Waals surface area contributed by atoms with Crippen LogP contribution in [0.5, 0.6) is 0 Å². The summed E-state index contributed by atoms with van der Waals surface area (Å²) in [5.74, 6) is 0. The molecule has 1 aliphatic rings. The summed E-state index contributed by atoms with van der Waals surface area (Å²) < 4.78 is 16.5. The monoisotopic (exact) mass is 228 g/mol. The second-order valence-electron chi connectivity index (χ2n) is 4.28. The van der Waals surface area contributed by atoms with E-state index in [1.807, 2.05) is 0 Å². The number of ether oxygens (including phenoxy) is 3. The van der Waals surface area contributed by atoms with Gasteiger partial charge in [-0.3, -0.25) is 0 Å². The molecule has 0 radical (unpaired) electrons. The number of rotatable bonds is 8. The number of methoxy groups -OCH3 is 1. The molecule has 0 spiro atoms. The van der Waals surface area contributed by atoms with Crippen molar-refractivity contribution < 1.29 is 14.2 Å². The van der Waals surface area contributed by atoms with Crippen molar-refractivity contribution in [2.75, 3.05) is 26.9 Å². The average molecular weight is 228 g/mol. The van der Waals surface area contributed by atoms with Crippen molar-refractivity contribution >= 4 is 0 Å². The first-order valence-corrected chi connectivity index (χ1v) is 6.20. The largest absolute Gasteiger partial charge is 0.377 e. The predicted octanol–water partition coefficient (Wildman–Crippen LogP) is 2.55. The molecule has 0 aliphatic heterocycles. The van der Waals surface area contributed by atoms with Gasteiger partial charge in [0.1, 0.15) is 6.10 Å². The van der Waals surface area contributed by atoms with Gasteiger partial charge in [0.15, 0.2) is 0 Å². The van der Waals surface area contributed by atoms with Crippen LogP contribution in [0.1, 0.15) is 32.1 Å².